The maximum absolute atomic E-state index is 13.6. The van der Waals surface area contributed by atoms with Gasteiger partial charge in [0, 0.05) is 18.7 Å². The lowest BCUT2D eigenvalue weighted by Gasteiger charge is -2.14. The molecule has 1 aliphatic carbocycles. The molecule has 0 fully saturated rings. The Morgan fingerprint density at radius 1 is 1.04 bits per heavy atom. The summed E-state index contributed by atoms with van der Waals surface area (Å²) in [6.45, 7) is 1.30. The normalized spacial score (nSPS) is 13.2. The number of rotatable bonds is 3. The van der Waals surface area contributed by atoms with Crippen molar-refractivity contribution in [3.8, 4) is 0 Å². The highest BCUT2D eigenvalue weighted by Crippen LogP contribution is 2.22. The predicted octanol–water partition coefficient (Wildman–Crippen LogP) is 3.07. The Labute approximate surface area is 139 Å². The van der Waals surface area contributed by atoms with Gasteiger partial charge in [-0.05, 0) is 42.2 Å². The van der Waals surface area contributed by atoms with Crippen LogP contribution in [0.3, 0.4) is 0 Å². The highest BCUT2D eigenvalue weighted by Gasteiger charge is 2.22. The highest BCUT2D eigenvalue weighted by molar-refractivity contribution is 5.92. The van der Waals surface area contributed by atoms with Crippen molar-refractivity contribution < 1.29 is 14.0 Å². The molecular formula is C18H18FN3O2. The minimum absolute atomic E-state index is 0.0357. The zero-order chi connectivity index (χ0) is 17.1. The predicted molar refractivity (Wildman–Crippen MR) is 90.5 cm³/mol. The van der Waals surface area contributed by atoms with Crippen LogP contribution in [0.25, 0.3) is 0 Å². The van der Waals surface area contributed by atoms with Gasteiger partial charge in [-0.3, -0.25) is 4.79 Å². The monoisotopic (exact) mass is 327 g/mol. The molecule has 3 amide bonds. The van der Waals surface area contributed by atoms with E-state index >= 15 is 0 Å². The van der Waals surface area contributed by atoms with Gasteiger partial charge in [0.25, 0.3) is 0 Å². The molecule has 1 aliphatic rings. The molecule has 0 aromatic heterocycles. The Hall–Kier alpha value is -2.89. The minimum atomic E-state index is -0.553. The zero-order valence-electron chi connectivity index (χ0n) is 13.2. The third-order valence-electron chi connectivity index (χ3n) is 3.92. The molecule has 0 heterocycles. The van der Waals surface area contributed by atoms with E-state index in [2.05, 4.69) is 28.1 Å². The van der Waals surface area contributed by atoms with E-state index in [-0.39, 0.29) is 23.7 Å². The summed E-state index contributed by atoms with van der Waals surface area (Å²) >= 11 is 0. The summed E-state index contributed by atoms with van der Waals surface area (Å²) in [4.78, 5) is 23.2. The van der Waals surface area contributed by atoms with E-state index in [1.807, 2.05) is 12.1 Å². The van der Waals surface area contributed by atoms with Gasteiger partial charge in [0.1, 0.15) is 5.82 Å². The van der Waals surface area contributed by atoms with Crippen LogP contribution in [-0.4, -0.2) is 18.0 Å². The fraction of sp³-hybridized carbons (Fsp3) is 0.222. The third-order valence-corrected chi connectivity index (χ3v) is 3.92. The van der Waals surface area contributed by atoms with Gasteiger partial charge in [-0.2, -0.15) is 0 Å². The van der Waals surface area contributed by atoms with Crippen LogP contribution in [0.4, 0.5) is 20.6 Å². The number of nitrogens with one attached hydrogen (secondary N) is 3. The molecule has 2 aromatic carbocycles. The van der Waals surface area contributed by atoms with Gasteiger partial charge in [0.15, 0.2) is 0 Å². The topological polar surface area (TPSA) is 70.2 Å². The first-order chi connectivity index (χ1) is 11.5. The number of anilines is 2. The van der Waals surface area contributed by atoms with E-state index in [4.69, 9.17) is 0 Å². The summed E-state index contributed by atoms with van der Waals surface area (Å²) in [6.07, 6.45) is 1.59. The molecule has 3 N–H and O–H groups in total. The van der Waals surface area contributed by atoms with E-state index in [1.54, 1.807) is 0 Å². The lowest BCUT2D eigenvalue weighted by Crippen LogP contribution is -2.38. The Kier molecular flexibility index (Phi) is 4.46. The Morgan fingerprint density at radius 2 is 1.71 bits per heavy atom. The number of hydrogen-bond acceptors (Lipinski definition) is 2. The van der Waals surface area contributed by atoms with E-state index < -0.39 is 5.82 Å². The molecule has 0 radical (unpaired) electrons. The number of carbonyl (C=O) groups is 2. The van der Waals surface area contributed by atoms with Crippen LogP contribution in [0.5, 0.6) is 0 Å². The maximum atomic E-state index is 13.6. The molecule has 0 saturated carbocycles. The van der Waals surface area contributed by atoms with Gasteiger partial charge in [-0.15, -0.1) is 0 Å². The van der Waals surface area contributed by atoms with Crippen LogP contribution >= 0.6 is 0 Å². The first kappa shape index (κ1) is 16.0. The zero-order valence-corrected chi connectivity index (χ0v) is 13.2. The van der Waals surface area contributed by atoms with Crippen LogP contribution in [0, 0.1) is 5.82 Å². The first-order valence-electron chi connectivity index (χ1n) is 7.72. The molecule has 24 heavy (non-hydrogen) atoms. The fourth-order valence-corrected chi connectivity index (χ4v) is 2.90. The van der Waals surface area contributed by atoms with Crippen molar-refractivity contribution in [3.05, 3.63) is 59.4 Å². The molecule has 0 bridgehead atoms. The average molecular weight is 327 g/mol. The summed E-state index contributed by atoms with van der Waals surface area (Å²) < 4.78 is 13.6. The number of hydrogen-bond donors (Lipinski definition) is 3. The SMILES string of the molecule is CC(=O)Nc1cc(NC(=O)NC2Cc3ccccc3C2)ccc1F. The molecule has 0 saturated heterocycles. The Bertz CT molecular complexity index is 767. The average Bonchev–Trinajstić information content (AvgIpc) is 2.92. The van der Waals surface area contributed by atoms with Gasteiger partial charge in [-0.1, -0.05) is 24.3 Å². The summed E-state index contributed by atoms with van der Waals surface area (Å²) in [6, 6.07) is 11.8. The largest absolute Gasteiger partial charge is 0.334 e. The number of carbonyl (C=O) groups excluding carboxylic acids is 2. The molecule has 2 aromatic rings. The van der Waals surface area contributed by atoms with Crippen LogP contribution in [0.2, 0.25) is 0 Å². The molecule has 0 aliphatic heterocycles. The van der Waals surface area contributed by atoms with Crippen molar-refractivity contribution in [1.29, 1.82) is 0 Å². The van der Waals surface area contributed by atoms with Gasteiger partial charge in [-0.25, -0.2) is 9.18 Å². The Morgan fingerprint density at radius 3 is 2.33 bits per heavy atom. The van der Waals surface area contributed by atoms with Gasteiger partial charge in [0.2, 0.25) is 5.91 Å². The van der Waals surface area contributed by atoms with Crippen molar-refractivity contribution >= 4 is 23.3 Å². The van der Waals surface area contributed by atoms with E-state index in [0.717, 1.165) is 12.8 Å². The second-order valence-corrected chi connectivity index (χ2v) is 5.85. The van der Waals surface area contributed by atoms with E-state index in [0.29, 0.717) is 5.69 Å². The lowest BCUT2D eigenvalue weighted by atomic mass is 10.1. The van der Waals surface area contributed by atoms with Gasteiger partial charge >= 0.3 is 6.03 Å². The number of halogens is 1. The molecule has 0 unspecified atom stereocenters. The van der Waals surface area contributed by atoms with Crippen LogP contribution in [0.15, 0.2) is 42.5 Å². The number of amides is 3. The molecule has 6 heteroatoms. The van der Waals surface area contributed by atoms with Crippen molar-refractivity contribution in [2.75, 3.05) is 10.6 Å². The number of benzene rings is 2. The second kappa shape index (κ2) is 6.70. The van der Waals surface area contributed by atoms with Crippen LogP contribution < -0.4 is 16.0 Å². The van der Waals surface area contributed by atoms with Crippen LogP contribution in [-0.2, 0) is 17.6 Å². The minimum Gasteiger partial charge on any atom is -0.334 e. The summed E-state index contributed by atoms with van der Waals surface area (Å²) in [5, 5.41) is 7.97. The molecule has 0 spiro atoms. The van der Waals surface area contributed by atoms with Crippen molar-refractivity contribution in [3.63, 3.8) is 0 Å². The summed E-state index contributed by atoms with van der Waals surface area (Å²) in [5.41, 5.74) is 2.94. The molecule has 5 nitrogen and oxygen atoms in total. The van der Waals surface area contributed by atoms with Crippen molar-refractivity contribution in [2.24, 2.45) is 0 Å². The molecule has 3 rings (SSSR count). The van der Waals surface area contributed by atoms with Crippen molar-refractivity contribution in [1.82, 2.24) is 5.32 Å². The summed E-state index contributed by atoms with van der Waals surface area (Å²) in [7, 11) is 0. The summed E-state index contributed by atoms with van der Waals surface area (Å²) in [5.74, 6) is -0.929. The van der Waals surface area contributed by atoms with Crippen molar-refractivity contribution in [2.45, 2.75) is 25.8 Å². The molecule has 0 atom stereocenters. The van der Waals surface area contributed by atoms with Gasteiger partial charge < -0.3 is 16.0 Å². The fourth-order valence-electron chi connectivity index (χ4n) is 2.90. The van der Waals surface area contributed by atoms with E-state index in [9.17, 15) is 14.0 Å². The lowest BCUT2D eigenvalue weighted by molar-refractivity contribution is -0.114. The standard InChI is InChI=1S/C18H18FN3O2/c1-11(23)20-17-10-14(6-7-16(17)19)21-18(24)22-15-8-12-4-2-3-5-13(12)9-15/h2-7,10,15H,8-9H2,1H3,(H,20,23)(H2,21,22,24). The molecule has 124 valence electrons. The molecular weight excluding hydrogens is 309 g/mol. The van der Waals surface area contributed by atoms with Gasteiger partial charge in [0.05, 0.1) is 5.69 Å². The number of fused-ring (bicyclic) bond motifs is 1. The maximum Gasteiger partial charge on any atom is 0.319 e. The van der Waals surface area contributed by atoms with E-state index in [1.165, 1.54) is 36.2 Å². The Balaban J connectivity index is 1.61. The quantitative estimate of drug-likeness (QED) is 0.811. The first-order valence-corrected chi connectivity index (χ1v) is 7.72. The highest BCUT2D eigenvalue weighted by atomic mass is 19.1. The second-order valence-electron chi connectivity index (χ2n) is 5.85. The number of urea groups is 1. The van der Waals surface area contributed by atoms with Crippen LogP contribution in [0.1, 0.15) is 18.1 Å². The smallest absolute Gasteiger partial charge is 0.319 e. The third kappa shape index (κ3) is 3.71.